The molecule has 0 aliphatic heterocycles. The van der Waals surface area contributed by atoms with Crippen molar-refractivity contribution >= 4 is 33.3 Å². The highest BCUT2D eigenvalue weighted by Crippen LogP contribution is 2.38. The van der Waals surface area contributed by atoms with Crippen molar-refractivity contribution in [3.05, 3.63) is 52.2 Å². The number of benzene rings is 1. The fourth-order valence-corrected chi connectivity index (χ4v) is 4.51. The van der Waals surface area contributed by atoms with E-state index in [9.17, 15) is 9.90 Å². The summed E-state index contributed by atoms with van der Waals surface area (Å²) in [4.78, 5) is 22.1. The monoisotopic (exact) mass is 369 g/mol. The molecule has 2 N–H and O–H groups in total. The van der Waals surface area contributed by atoms with Gasteiger partial charge in [-0.05, 0) is 30.5 Å². The number of aryl methyl sites for hydroxylation is 1. The van der Waals surface area contributed by atoms with Gasteiger partial charge in [0.1, 0.15) is 21.9 Å². The van der Waals surface area contributed by atoms with Gasteiger partial charge < -0.3 is 15.2 Å². The minimum absolute atomic E-state index is 0.241. The van der Waals surface area contributed by atoms with Crippen molar-refractivity contribution in [1.29, 1.82) is 0 Å². The number of aliphatic hydroxyl groups is 1. The lowest BCUT2D eigenvalue weighted by molar-refractivity contribution is 0.0531. The number of anilines is 1. The molecule has 0 saturated heterocycles. The summed E-state index contributed by atoms with van der Waals surface area (Å²) in [5.41, 5.74) is 3.01. The van der Waals surface area contributed by atoms with Crippen LogP contribution in [0.25, 0.3) is 10.2 Å². The zero-order valence-corrected chi connectivity index (χ0v) is 15.3. The fourth-order valence-electron chi connectivity index (χ4n) is 3.47. The molecular weight excluding hydrogens is 350 g/mol. The predicted molar refractivity (Wildman–Crippen MR) is 101 cm³/mol. The summed E-state index contributed by atoms with van der Waals surface area (Å²) in [6.07, 6.45) is 1.56. The number of nitrogens with zero attached hydrogens (tertiary/aromatic N) is 2. The Kier molecular flexibility index (Phi) is 4.34. The van der Waals surface area contributed by atoms with E-state index in [1.165, 1.54) is 17.7 Å². The summed E-state index contributed by atoms with van der Waals surface area (Å²) in [5, 5.41) is 14.7. The number of fused-ring (bicyclic) bond motifs is 2. The second kappa shape index (κ2) is 6.66. The van der Waals surface area contributed by atoms with Gasteiger partial charge in [0.2, 0.25) is 0 Å². The van der Waals surface area contributed by atoms with E-state index >= 15 is 0 Å². The molecule has 2 aromatic heterocycles. The number of hydrogen-bond acceptors (Lipinski definition) is 7. The van der Waals surface area contributed by atoms with Crippen LogP contribution < -0.4 is 5.32 Å². The number of carbonyl (C=O) groups is 1. The number of ether oxygens (including phenoxy) is 1. The highest BCUT2D eigenvalue weighted by molar-refractivity contribution is 7.20. The molecule has 2 atom stereocenters. The van der Waals surface area contributed by atoms with Crippen LogP contribution >= 0.6 is 11.3 Å². The van der Waals surface area contributed by atoms with E-state index in [0.29, 0.717) is 23.7 Å². The summed E-state index contributed by atoms with van der Waals surface area (Å²) in [5.74, 6) is 0.283. The SMILES string of the molecule is CCOC(=O)c1sc2ncnc(NC3c4ccccc4CC3O)c2c1C. The molecule has 4 rings (SSSR count). The second-order valence-corrected chi connectivity index (χ2v) is 7.27. The Morgan fingerprint density at radius 1 is 1.38 bits per heavy atom. The van der Waals surface area contributed by atoms with Crippen molar-refractivity contribution < 1.29 is 14.6 Å². The topological polar surface area (TPSA) is 84.3 Å². The van der Waals surface area contributed by atoms with Gasteiger partial charge in [0, 0.05) is 6.42 Å². The van der Waals surface area contributed by atoms with Gasteiger partial charge in [0.15, 0.2) is 0 Å². The average Bonchev–Trinajstić information content (AvgIpc) is 3.13. The summed E-state index contributed by atoms with van der Waals surface area (Å²) in [6, 6.07) is 7.76. The van der Waals surface area contributed by atoms with Crippen LogP contribution in [0.15, 0.2) is 30.6 Å². The lowest BCUT2D eigenvalue weighted by atomic mass is 10.1. The van der Waals surface area contributed by atoms with Crippen molar-refractivity contribution in [2.75, 3.05) is 11.9 Å². The molecule has 0 saturated carbocycles. The average molecular weight is 369 g/mol. The van der Waals surface area contributed by atoms with E-state index in [2.05, 4.69) is 15.3 Å². The molecule has 1 aliphatic carbocycles. The van der Waals surface area contributed by atoms with Crippen molar-refractivity contribution in [2.45, 2.75) is 32.4 Å². The Labute approximate surface area is 154 Å². The molecule has 2 heterocycles. The molecule has 0 fully saturated rings. The Bertz CT molecular complexity index is 985. The first-order valence-electron chi connectivity index (χ1n) is 8.53. The number of hydrogen-bond donors (Lipinski definition) is 2. The Balaban J connectivity index is 1.75. The van der Waals surface area contributed by atoms with Crippen LogP contribution in [0.5, 0.6) is 0 Å². The van der Waals surface area contributed by atoms with Gasteiger partial charge in [-0.1, -0.05) is 24.3 Å². The zero-order valence-electron chi connectivity index (χ0n) is 14.5. The standard InChI is InChI=1S/C19H19N3O3S/c1-3-25-19(24)16-10(2)14-17(20-9-21-18(14)26-16)22-15-12-7-5-4-6-11(12)8-13(15)23/h4-7,9,13,15,23H,3,8H2,1-2H3,(H,20,21,22). The van der Waals surface area contributed by atoms with Crippen LogP contribution in [-0.2, 0) is 11.2 Å². The maximum atomic E-state index is 12.2. The van der Waals surface area contributed by atoms with Crippen molar-refractivity contribution in [3.8, 4) is 0 Å². The lowest BCUT2D eigenvalue weighted by Crippen LogP contribution is -2.21. The van der Waals surface area contributed by atoms with Crippen LogP contribution in [0.4, 0.5) is 5.82 Å². The maximum Gasteiger partial charge on any atom is 0.348 e. The van der Waals surface area contributed by atoms with Gasteiger partial charge in [-0.25, -0.2) is 14.8 Å². The summed E-state index contributed by atoms with van der Waals surface area (Å²) in [6.45, 7) is 3.99. The van der Waals surface area contributed by atoms with Crippen molar-refractivity contribution in [2.24, 2.45) is 0 Å². The quantitative estimate of drug-likeness (QED) is 0.687. The van der Waals surface area contributed by atoms with Gasteiger partial charge in [0.05, 0.1) is 24.1 Å². The van der Waals surface area contributed by atoms with Crippen LogP contribution in [-0.4, -0.2) is 33.8 Å². The minimum Gasteiger partial charge on any atom is -0.462 e. The molecule has 6 nitrogen and oxygen atoms in total. The number of aromatic nitrogens is 2. The number of aliphatic hydroxyl groups excluding tert-OH is 1. The summed E-state index contributed by atoms with van der Waals surface area (Å²) in [7, 11) is 0. The predicted octanol–water partition coefficient (Wildman–Crippen LogP) is 3.25. The Hall–Kier alpha value is -2.51. The van der Waals surface area contributed by atoms with Crippen LogP contribution in [0.3, 0.4) is 0 Å². The normalized spacial score (nSPS) is 18.7. The number of rotatable bonds is 4. The van der Waals surface area contributed by atoms with Gasteiger partial charge in [-0.2, -0.15) is 0 Å². The third-order valence-corrected chi connectivity index (χ3v) is 5.86. The van der Waals surface area contributed by atoms with Gasteiger partial charge in [-0.3, -0.25) is 0 Å². The van der Waals surface area contributed by atoms with Crippen LogP contribution in [0.1, 0.15) is 39.3 Å². The first-order chi connectivity index (χ1) is 12.6. The fraction of sp³-hybridized carbons (Fsp3) is 0.316. The smallest absolute Gasteiger partial charge is 0.348 e. The third-order valence-electron chi connectivity index (χ3n) is 4.68. The number of nitrogens with one attached hydrogen (secondary N) is 1. The Morgan fingerprint density at radius 2 is 2.19 bits per heavy atom. The van der Waals surface area contributed by atoms with E-state index in [-0.39, 0.29) is 12.0 Å². The molecule has 0 spiro atoms. The largest absolute Gasteiger partial charge is 0.462 e. The molecule has 1 aliphatic rings. The number of esters is 1. The summed E-state index contributed by atoms with van der Waals surface area (Å²) < 4.78 is 5.14. The second-order valence-electron chi connectivity index (χ2n) is 6.27. The van der Waals surface area contributed by atoms with E-state index < -0.39 is 6.10 Å². The maximum absolute atomic E-state index is 12.2. The van der Waals surface area contributed by atoms with Gasteiger partial charge >= 0.3 is 5.97 Å². The van der Waals surface area contributed by atoms with Gasteiger partial charge in [-0.15, -0.1) is 11.3 Å². The highest BCUT2D eigenvalue weighted by atomic mass is 32.1. The molecule has 134 valence electrons. The van der Waals surface area contributed by atoms with Crippen molar-refractivity contribution in [1.82, 2.24) is 9.97 Å². The van der Waals surface area contributed by atoms with E-state index in [1.54, 1.807) is 6.92 Å². The zero-order chi connectivity index (χ0) is 18.3. The number of thiophene rings is 1. The molecular formula is C19H19N3O3S. The third kappa shape index (κ3) is 2.73. The molecule has 7 heteroatoms. The molecule has 1 aromatic carbocycles. The highest BCUT2D eigenvalue weighted by Gasteiger charge is 2.32. The van der Waals surface area contributed by atoms with Crippen LogP contribution in [0, 0.1) is 6.92 Å². The van der Waals surface area contributed by atoms with E-state index in [1.807, 2.05) is 31.2 Å². The molecule has 3 aromatic rings. The van der Waals surface area contributed by atoms with E-state index in [0.717, 1.165) is 26.9 Å². The molecule has 0 amide bonds. The first-order valence-corrected chi connectivity index (χ1v) is 9.35. The summed E-state index contributed by atoms with van der Waals surface area (Å²) >= 11 is 1.30. The Morgan fingerprint density at radius 3 is 3.00 bits per heavy atom. The number of carbonyl (C=O) groups excluding carboxylic acids is 1. The molecule has 0 radical (unpaired) electrons. The lowest BCUT2D eigenvalue weighted by Gasteiger charge is -2.19. The van der Waals surface area contributed by atoms with E-state index in [4.69, 9.17) is 4.74 Å². The minimum atomic E-state index is -0.527. The molecule has 26 heavy (non-hydrogen) atoms. The van der Waals surface area contributed by atoms with Crippen LogP contribution in [0.2, 0.25) is 0 Å². The van der Waals surface area contributed by atoms with Crippen molar-refractivity contribution in [3.63, 3.8) is 0 Å². The van der Waals surface area contributed by atoms with Gasteiger partial charge in [0.25, 0.3) is 0 Å². The molecule has 0 bridgehead atoms. The first kappa shape index (κ1) is 16.9. The molecule has 2 unspecified atom stereocenters.